The number of hydrogen-bond donors (Lipinski definition) is 2. The average molecular weight is 593 g/mol. The molecule has 2 N–H and O–H groups in total. The van der Waals surface area contributed by atoms with E-state index in [1.807, 2.05) is 72.3 Å². The van der Waals surface area contributed by atoms with Crippen molar-refractivity contribution in [3.8, 4) is 45.6 Å². The van der Waals surface area contributed by atoms with Gasteiger partial charge in [0.2, 0.25) is 11.3 Å². The number of benzene rings is 4. The first-order chi connectivity index (χ1) is 20.2. The van der Waals surface area contributed by atoms with Crippen molar-refractivity contribution < 1.29 is 21.6 Å². The Balaban J connectivity index is 0.00000267. The largest absolute Gasteiger partial charge is 2.00 e. The Morgan fingerprint density at radius 1 is 0.429 bits per heavy atom. The molecule has 42 heavy (non-hydrogen) atoms. The molecular formula is C33H21CuN8+3. The van der Waals surface area contributed by atoms with Crippen LogP contribution in [0.1, 0.15) is 0 Å². The Kier molecular flexibility index (Phi) is 5.34. The number of H-pyrrole nitrogens is 2. The monoisotopic (exact) mass is 592 g/mol. The summed E-state index contributed by atoms with van der Waals surface area (Å²) >= 11 is 0. The molecule has 0 amide bonds. The quantitative estimate of drug-likeness (QED) is 0.159. The molecule has 0 unspecified atom stereocenters. The molecule has 4 aromatic carbocycles. The van der Waals surface area contributed by atoms with Crippen LogP contribution in [0.15, 0.2) is 97.1 Å². The van der Waals surface area contributed by atoms with E-state index in [0.717, 1.165) is 66.7 Å². The second kappa shape index (κ2) is 9.14. The Morgan fingerprint density at radius 2 is 0.762 bits per heavy atom. The van der Waals surface area contributed by atoms with Crippen molar-refractivity contribution in [2.75, 3.05) is 0 Å². The number of aromatic nitrogens is 8. The minimum atomic E-state index is 0. The van der Waals surface area contributed by atoms with E-state index in [1.165, 1.54) is 0 Å². The molecule has 2 aliphatic heterocycles. The fraction of sp³-hybridized carbons (Fsp3) is 0.0303. The van der Waals surface area contributed by atoms with Gasteiger partial charge in [-0.25, -0.2) is 19.5 Å². The van der Waals surface area contributed by atoms with E-state index in [4.69, 9.17) is 24.9 Å². The third-order valence-electron chi connectivity index (χ3n) is 7.88. The second-order valence-electron chi connectivity index (χ2n) is 10.2. The summed E-state index contributed by atoms with van der Waals surface area (Å²) in [6, 6.07) is 32.7. The van der Waals surface area contributed by atoms with E-state index in [1.54, 1.807) is 0 Å². The molecule has 8 nitrogen and oxygen atoms in total. The van der Waals surface area contributed by atoms with E-state index < -0.39 is 0 Å². The van der Waals surface area contributed by atoms with E-state index in [2.05, 4.69) is 46.4 Å². The summed E-state index contributed by atoms with van der Waals surface area (Å²) in [5.74, 6) is 2.84. The molecule has 9 heteroatoms. The van der Waals surface area contributed by atoms with Gasteiger partial charge in [-0.3, -0.25) is 0 Å². The van der Waals surface area contributed by atoms with Gasteiger partial charge in [0.25, 0.3) is 11.6 Å². The third kappa shape index (κ3) is 3.48. The molecule has 5 heterocycles. The molecule has 0 aliphatic carbocycles. The van der Waals surface area contributed by atoms with Gasteiger partial charge in [0.05, 0.1) is 18.2 Å². The Morgan fingerprint density at radius 3 is 1.17 bits per heavy atom. The van der Waals surface area contributed by atoms with Crippen LogP contribution in [0.25, 0.3) is 89.7 Å². The van der Waals surface area contributed by atoms with E-state index in [-0.39, 0.29) is 17.1 Å². The number of nitrogens with zero attached hydrogens (tertiary/aromatic N) is 6. The van der Waals surface area contributed by atoms with Crippen molar-refractivity contribution in [3.05, 3.63) is 97.1 Å². The second-order valence-corrected chi connectivity index (χ2v) is 10.2. The predicted molar refractivity (Wildman–Crippen MR) is 159 cm³/mol. The maximum atomic E-state index is 5.19. The zero-order valence-electron chi connectivity index (χ0n) is 22.2. The Bertz CT molecular complexity index is 2240. The van der Waals surface area contributed by atoms with E-state index >= 15 is 0 Å². The van der Waals surface area contributed by atoms with Crippen LogP contribution in [0.2, 0.25) is 0 Å². The fourth-order valence-electron chi connectivity index (χ4n) is 5.93. The van der Waals surface area contributed by atoms with Gasteiger partial charge in [0, 0.05) is 32.7 Å². The van der Waals surface area contributed by atoms with Crippen LogP contribution in [0.4, 0.5) is 0 Å². The first-order valence-corrected chi connectivity index (χ1v) is 13.4. The average Bonchev–Trinajstić information content (AvgIpc) is 3.72. The standard InChI is InChI=1S/C33H20N8.Cu/c1-41-32-24-16-8-9-17-25(24)33(41)40-31-23-15-7-5-13-21(23)29(38-31)36-27-19-11-3-2-10-18(19)26(34-27)35-28-20-12-4-6-14-22(20)30(37-28)39-32;/h2-17H,1H3,(H,34,35,36,37,38,39,40);/q;+2/p+1. The number of rotatable bonds is 0. The summed E-state index contributed by atoms with van der Waals surface area (Å²) in [6.45, 7) is 0. The van der Waals surface area contributed by atoms with Crippen LogP contribution in [0.5, 0.6) is 0 Å². The molecule has 2 aliphatic rings. The van der Waals surface area contributed by atoms with Crippen molar-refractivity contribution in [2.45, 2.75) is 0 Å². The molecule has 8 bridgehead atoms. The van der Waals surface area contributed by atoms with Gasteiger partial charge in [-0.15, -0.1) is 0 Å². The van der Waals surface area contributed by atoms with Gasteiger partial charge < -0.3 is 9.97 Å². The van der Waals surface area contributed by atoms with Crippen LogP contribution in [-0.2, 0) is 24.1 Å². The van der Waals surface area contributed by atoms with Crippen LogP contribution in [-0.4, -0.2) is 34.9 Å². The van der Waals surface area contributed by atoms with Crippen molar-refractivity contribution in [1.29, 1.82) is 0 Å². The molecule has 3 aromatic heterocycles. The maximum Gasteiger partial charge on any atom is 2.00 e. The predicted octanol–water partition coefficient (Wildman–Crippen LogP) is 6.30. The van der Waals surface area contributed by atoms with Gasteiger partial charge in [0.15, 0.2) is 11.6 Å². The van der Waals surface area contributed by atoms with Crippen molar-refractivity contribution in [2.24, 2.45) is 7.05 Å². The summed E-state index contributed by atoms with van der Waals surface area (Å²) in [6.07, 6.45) is 0. The zero-order chi connectivity index (χ0) is 27.1. The molecule has 0 saturated heterocycles. The summed E-state index contributed by atoms with van der Waals surface area (Å²) in [5, 5.41) is 3.92. The minimum Gasteiger partial charge on any atom is -0.310 e. The molecule has 201 valence electrons. The van der Waals surface area contributed by atoms with Gasteiger partial charge in [-0.2, -0.15) is 0 Å². The molecule has 9 rings (SSSR count). The van der Waals surface area contributed by atoms with Crippen LogP contribution in [0, 0.1) is 0 Å². The minimum absolute atomic E-state index is 0. The van der Waals surface area contributed by atoms with E-state index in [9.17, 15) is 0 Å². The molecule has 0 atom stereocenters. The normalized spacial score (nSPS) is 11.7. The smallest absolute Gasteiger partial charge is 0.310 e. The van der Waals surface area contributed by atoms with E-state index in [0.29, 0.717) is 22.9 Å². The van der Waals surface area contributed by atoms with Crippen LogP contribution in [0.3, 0.4) is 0 Å². The van der Waals surface area contributed by atoms with Crippen molar-refractivity contribution >= 4 is 44.1 Å². The summed E-state index contributed by atoms with van der Waals surface area (Å²) < 4.78 is 2.05. The summed E-state index contributed by atoms with van der Waals surface area (Å²) in [5.41, 5.74) is 6.79. The summed E-state index contributed by atoms with van der Waals surface area (Å²) in [4.78, 5) is 32.4. The van der Waals surface area contributed by atoms with Gasteiger partial charge >= 0.3 is 17.1 Å². The maximum absolute atomic E-state index is 5.19. The van der Waals surface area contributed by atoms with Gasteiger partial charge in [0.1, 0.15) is 11.3 Å². The third-order valence-corrected chi connectivity index (χ3v) is 7.88. The number of hydrogen-bond acceptors (Lipinski definition) is 5. The molecular weight excluding hydrogens is 572 g/mol. The van der Waals surface area contributed by atoms with Crippen LogP contribution >= 0.6 is 0 Å². The number of aromatic amines is 2. The van der Waals surface area contributed by atoms with Crippen LogP contribution < -0.4 is 4.57 Å². The summed E-state index contributed by atoms with van der Waals surface area (Å²) in [7, 11) is 2.01. The van der Waals surface area contributed by atoms with Gasteiger partial charge in [-0.1, -0.05) is 82.8 Å². The van der Waals surface area contributed by atoms with Crippen molar-refractivity contribution in [3.63, 3.8) is 0 Å². The SMILES string of the molecule is C[n+]1c2nc3[nH]c(nc4nc(nc5[nH]c(nc1-c1ccccc1-2)c1ccccc51)-c1ccccc1-4)c1ccccc31.[Cu+2]. The number of fused-ring (bicyclic) bond motifs is 20. The zero-order valence-corrected chi connectivity index (χ0v) is 23.2. The first-order valence-electron chi connectivity index (χ1n) is 13.4. The number of nitrogens with one attached hydrogen (secondary N) is 2. The molecule has 0 saturated carbocycles. The molecule has 7 aromatic rings. The Labute approximate surface area is 249 Å². The Hall–Kier alpha value is -5.24. The van der Waals surface area contributed by atoms with Crippen molar-refractivity contribution in [1.82, 2.24) is 34.9 Å². The first kappa shape index (κ1) is 24.5. The molecule has 0 fully saturated rings. The molecule has 1 radical (unpaired) electrons. The topological polar surface area (TPSA) is 99.9 Å². The fourth-order valence-corrected chi connectivity index (χ4v) is 5.93. The molecule has 0 spiro atoms. The van der Waals surface area contributed by atoms with Gasteiger partial charge in [-0.05, 0) is 24.3 Å².